The molecule has 0 fully saturated rings. The third-order valence-electron chi connectivity index (χ3n) is 2.78. The molecule has 1 aromatic heterocycles. The van der Waals surface area contributed by atoms with Crippen molar-refractivity contribution in [2.45, 2.75) is 39.2 Å². The third kappa shape index (κ3) is 3.67. The quantitative estimate of drug-likeness (QED) is 0.574. The van der Waals surface area contributed by atoms with Crippen LogP contribution in [-0.4, -0.2) is 31.8 Å². The molecular formula is C11H18N4O4. The van der Waals surface area contributed by atoms with Gasteiger partial charge in [0.1, 0.15) is 5.69 Å². The largest absolute Gasteiger partial charge is 0.481 e. The van der Waals surface area contributed by atoms with Gasteiger partial charge in [-0.3, -0.25) is 14.9 Å². The molecule has 2 N–H and O–H groups in total. The van der Waals surface area contributed by atoms with Gasteiger partial charge in [0.05, 0.1) is 4.92 Å². The lowest BCUT2D eigenvalue weighted by Crippen LogP contribution is -2.19. The summed E-state index contributed by atoms with van der Waals surface area (Å²) in [5, 5.41) is 26.8. The molecule has 19 heavy (non-hydrogen) atoms. The Morgan fingerprint density at radius 3 is 2.74 bits per heavy atom. The molecule has 1 unspecified atom stereocenters. The highest BCUT2D eigenvalue weighted by molar-refractivity contribution is 5.67. The van der Waals surface area contributed by atoms with E-state index in [2.05, 4.69) is 10.4 Å². The van der Waals surface area contributed by atoms with E-state index in [1.54, 1.807) is 20.9 Å². The van der Waals surface area contributed by atoms with Crippen molar-refractivity contribution in [2.75, 3.05) is 5.32 Å². The first kappa shape index (κ1) is 14.9. The van der Waals surface area contributed by atoms with Crippen LogP contribution < -0.4 is 5.32 Å². The number of aryl methyl sites for hydroxylation is 2. The van der Waals surface area contributed by atoms with Gasteiger partial charge in [-0.25, -0.2) is 4.68 Å². The van der Waals surface area contributed by atoms with Crippen LogP contribution >= 0.6 is 0 Å². The Balaban J connectivity index is 2.90. The molecule has 106 valence electrons. The summed E-state index contributed by atoms with van der Waals surface area (Å²) in [6.07, 6.45) is 0.870. The monoisotopic (exact) mass is 270 g/mol. The first-order chi connectivity index (χ1) is 8.86. The van der Waals surface area contributed by atoms with Crippen LogP contribution in [0.15, 0.2) is 0 Å². The Bertz CT molecular complexity index is 483. The molecule has 1 aromatic rings. The van der Waals surface area contributed by atoms with Crippen LogP contribution in [0.5, 0.6) is 0 Å². The number of rotatable bonds is 7. The molecular weight excluding hydrogens is 252 g/mol. The fourth-order valence-corrected chi connectivity index (χ4v) is 1.81. The zero-order valence-electron chi connectivity index (χ0n) is 11.2. The molecule has 0 aliphatic carbocycles. The molecule has 0 radical (unpaired) electrons. The van der Waals surface area contributed by atoms with Crippen molar-refractivity contribution < 1.29 is 14.8 Å². The number of anilines is 1. The zero-order chi connectivity index (χ0) is 14.6. The number of nitrogens with zero attached hydrogens (tertiary/aromatic N) is 3. The number of carboxylic acid groups (broad SMARTS) is 1. The van der Waals surface area contributed by atoms with Crippen LogP contribution in [0.1, 0.15) is 32.4 Å². The van der Waals surface area contributed by atoms with E-state index in [0.717, 1.165) is 0 Å². The van der Waals surface area contributed by atoms with Gasteiger partial charge in [0, 0.05) is 19.5 Å². The number of hydrogen-bond acceptors (Lipinski definition) is 5. The predicted octanol–water partition coefficient (Wildman–Crippen LogP) is 1.56. The molecule has 0 aliphatic heterocycles. The van der Waals surface area contributed by atoms with Gasteiger partial charge in [-0.05, 0) is 19.8 Å². The Hall–Kier alpha value is -2.12. The second kappa shape index (κ2) is 6.17. The number of hydrogen-bond donors (Lipinski definition) is 2. The molecule has 1 rings (SSSR count). The van der Waals surface area contributed by atoms with E-state index in [4.69, 9.17) is 5.11 Å². The molecule has 8 heteroatoms. The summed E-state index contributed by atoms with van der Waals surface area (Å²) in [6, 6.07) is -0.185. The summed E-state index contributed by atoms with van der Waals surface area (Å²) in [5.74, 6) is -0.567. The summed E-state index contributed by atoms with van der Waals surface area (Å²) >= 11 is 0. The van der Waals surface area contributed by atoms with Crippen LogP contribution in [-0.2, 0) is 18.3 Å². The van der Waals surface area contributed by atoms with Crippen molar-refractivity contribution in [1.29, 1.82) is 0 Å². The summed E-state index contributed by atoms with van der Waals surface area (Å²) in [5.41, 5.74) is 0.382. The molecule has 0 aliphatic rings. The Labute approximate surface area is 110 Å². The van der Waals surface area contributed by atoms with Crippen LogP contribution in [0, 0.1) is 10.1 Å². The summed E-state index contributed by atoms with van der Waals surface area (Å²) in [7, 11) is 1.62. The first-order valence-electron chi connectivity index (χ1n) is 6.05. The van der Waals surface area contributed by atoms with Gasteiger partial charge in [0.2, 0.25) is 5.82 Å². The maximum atomic E-state index is 11.1. The van der Waals surface area contributed by atoms with E-state index in [0.29, 0.717) is 24.4 Å². The standard InChI is InChI=1S/C11H18N4O4/c1-4-8-10(15(18)19)11(14(3)13-8)12-7(2)5-6-9(16)17/h7,12H,4-6H2,1-3H3,(H,16,17). The minimum Gasteiger partial charge on any atom is -0.481 e. The lowest BCUT2D eigenvalue weighted by atomic mass is 10.2. The van der Waals surface area contributed by atoms with E-state index in [-0.39, 0.29) is 18.2 Å². The predicted molar refractivity (Wildman–Crippen MR) is 69.2 cm³/mol. The maximum Gasteiger partial charge on any atom is 0.333 e. The number of nitrogens with one attached hydrogen (secondary N) is 1. The van der Waals surface area contributed by atoms with E-state index in [9.17, 15) is 14.9 Å². The van der Waals surface area contributed by atoms with Gasteiger partial charge in [0.15, 0.2) is 0 Å². The van der Waals surface area contributed by atoms with Gasteiger partial charge in [-0.2, -0.15) is 5.10 Å². The Morgan fingerprint density at radius 2 is 2.26 bits per heavy atom. The minimum atomic E-state index is -0.887. The summed E-state index contributed by atoms with van der Waals surface area (Å²) < 4.78 is 1.42. The molecule has 0 saturated carbocycles. The second-order valence-corrected chi connectivity index (χ2v) is 4.36. The van der Waals surface area contributed by atoms with Gasteiger partial charge < -0.3 is 10.4 Å². The molecule has 0 aromatic carbocycles. The minimum absolute atomic E-state index is 0.0143. The summed E-state index contributed by atoms with van der Waals surface area (Å²) in [6.45, 7) is 3.58. The molecule has 1 heterocycles. The lowest BCUT2D eigenvalue weighted by molar-refractivity contribution is -0.384. The molecule has 0 amide bonds. The molecule has 0 bridgehead atoms. The van der Waals surface area contributed by atoms with Crippen LogP contribution in [0.3, 0.4) is 0 Å². The second-order valence-electron chi connectivity index (χ2n) is 4.36. The average Bonchev–Trinajstić information content (AvgIpc) is 2.63. The zero-order valence-corrected chi connectivity index (χ0v) is 11.2. The van der Waals surface area contributed by atoms with Gasteiger partial charge in [-0.15, -0.1) is 0 Å². The number of aliphatic carboxylic acids is 1. The van der Waals surface area contributed by atoms with E-state index in [1.807, 2.05) is 0 Å². The highest BCUT2D eigenvalue weighted by Gasteiger charge is 2.26. The fourth-order valence-electron chi connectivity index (χ4n) is 1.81. The Kier molecular flexibility index (Phi) is 4.85. The average molecular weight is 270 g/mol. The fraction of sp³-hybridized carbons (Fsp3) is 0.636. The molecule has 1 atom stereocenters. The van der Waals surface area contributed by atoms with Crippen molar-refractivity contribution in [1.82, 2.24) is 9.78 Å². The number of aromatic nitrogens is 2. The highest BCUT2D eigenvalue weighted by atomic mass is 16.6. The SMILES string of the molecule is CCc1nn(C)c(NC(C)CCC(=O)O)c1[N+](=O)[O-]. The van der Waals surface area contributed by atoms with Gasteiger partial charge in [-0.1, -0.05) is 6.92 Å². The van der Waals surface area contributed by atoms with Crippen molar-refractivity contribution in [3.05, 3.63) is 15.8 Å². The molecule has 0 saturated heterocycles. The first-order valence-corrected chi connectivity index (χ1v) is 6.05. The summed E-state index contributed by atoms with van der Waals surface area (Å²) in [4.78, 5) is 21.1. The molecule has 8 nitrogen and oxygen atoms in total. The van der Waals surface area contributed by atoms with Crippen molar-refractivity contribution in [3.63, 3.8) is 0 Å². The number of nitro groups is 1. The third-order valence-corrected chi connectivity index (χ3v) is 2.78. The van der Waals surface area contributed by atoms with Gasteiger partial charge >= 0.3 is 11.7 Å². The van der Waals surface area contributed by atoms with Crippen molar-refractivity contribution >= 4 is 17.5 Å². The van der Waals surface area contributed by atoms with Crippen LogP contribution in [0.25, 0.3) is 0 Å². The van der Waals surface area contributed by atoms with E-state index in [1.165, 1.54) is 4.68 Å². The normalized spacial score (nSPS) is 12.2. The topological polar surface area (TPSA) is 110 Å². The van der Waals surface area contributed by atoms with E-state index < -0.39 is 10.9 Å². The maximum absolute atomic E-state index is 11.1. The Morgan fingerprint density at radius 1 is 1.63 bits per heavy atom. The lowest BCUT2D eigenvalue weighted by Gasteiger charge is -2.13. The number of carbonyl (C=O) groups is 1. The smallest absolute Gasteiger partial charge is 0.333 e. The van der Waals surface area contributed by atoms with Crippen LogP contribution in [0.2, 0.25) is 0 Å². The van der Waals surface area contributed by atoms with Crippen molar-refractivity contribution in [3.8, 4) is 0 Å². The highest BCUT2D eigenvalue weighted by Crippen LogP contribution is 2.29. The van der Waals surface area contributed by atoms with E-state index >= 15 is 0 Å². The van der Waals surface area contributed by atoms with Gasteiger partial charge in [0.25, 0.3) is 0 Å². The molecule has 0 spiro atoms. The van der Waals surface area contributed by atoms with Crippen molar-refractivity contribution in [2.24, 2.45) is 7.05 Å². The van der Waals surface area contributed by atoms with Crippen LogP contribution in [0.4, 0.5) is 11.5 Å². The number of carboxylic acids is 1.